The number of hydrazine groups is 1. The number of rotatable bonds is 9. The Morgan fingerprint density at radius 2 is 1.85 bits per heavy atom. The van der Waals surface area contributed by atoms with E-state index in [0.29, 0.717) is 34.6 Å². The van der Waals surface area contributed by atoms with Crippen LogP contribution < -0.4 is 31.4 Å². The van der Waals surface area contributed by atoms with E-state index in [-0.39, 0.29) is 66.6 Å². The second kappa shape index (κ2) is 18.9. The number of fused-ring (bicyclic) bond motifs is 4. The summed E-state index contributed by atoms with van der Waals surface area (Å²) in [7, 11) is 5.30. The van der Waals surface area contributed by atoms with Crippen LogP contribution in [0.1, 0.15) is 86.2 Å². The average Bonchev–Trinajstić information content (AvgIpc) is 4.16. The van der Waals surface area contributed by atoms with E-state index in [1.807, 2.05) is 6.07 Å². The van der Waals surface area contributed by atoms with Gasteiger partial charge in [0, 0.05) is 51.5 Å². The molecule has 20 heteroatoms. The molecule has 5 fully saturated rings. The summed E-state index contributed by atoms with van der Waals surface area (Å²) in [6.07, 6.45) is 11.3. The van der Waals surface area contributed by atoms with Crippen molar-refractivity contribution < 1.29 is 37.4 Å². The van der Waals surface area contributed by atoms with Crippen LogP contribution in [0, 0.1) is 11.8 Å². The lowest BCUT2D eigenvalue weighted by atomic mass is 9.95. The third-order valence-corrected chi connectivity index (χ3v) is 13.4. The van der Waals surface area contributed by atoms with Gasteiger partial charge in [0.25, 0.3) is 12.3 Å². The van der Waals surface area contributed by atoms with Gasteiger partial charge in [-0.25, -0.2) is 28.5 Å². The van der Waals surface area contributed by atoms with Crippen LogP contribution in [0.15, 0.2) is 47.3 Å². The summed E-state index contributed by atoms with van der Waals surface area (Å²) in [6, 6.07) is 3.83. The smallest absolute Gasteiger partial charge is 0.329 e. The molecule has 4 aromatic rings. The fourth-order valence-corrected chi connectivity index (χ4v) is 9.84. The number of nitrogens with zero attached hydrogens (tertiary/aromatic N) is 8. The number of nitrogens with one attached hydrogen (secondary N) is 3. The Morgan fingerprint density at radius 1 is 1.05 bits per heavy atom. The Hall–Kier alpha value is -5.88. The number of imide groups is 1. The number of imidazole rings is 1. The Morgan fingerprint density at radius 3 is 2.55 bits per heavy atom. The van der Waals surface area contributed by atoms with Gasteiger partial charge in [-0.15, -0.1) is 0 Å². The number of carbonyl (C=O) groups excluding carboxylic acids is 3. The number of piperidine rings is 2. The van der Waals surface area contributed by atoms with Crippen LogP contribution in [0.2, 0.25) is 0 Å². The van der Waals surface area contributed by atoms with E-state index < -0.39 is 30.3 Å². The normalized spacial score (nSPS) is 24.0. The highest BCUT2D eigenvalue weighted by Gasteiger charge is 2.40. The molecule has 0 spiro atoms. The van der Waals surface area contributed by atoms with Crippen LogP contribution in [0.3, 0.4) is 0 Å². The molecule has 1 saturated carbocycles. The van der Waals surface area contributed by atoms with E-state index in [2.05, 4.69) is 49.8 Å². The molecule has 4 atom stereocenters. The van der Waals surface area contributed by atoms with E-state index in [1.165, 1.54) is 26.3 Å². The minimum atomic E-state index is -2.65. The van der Waals surface area contributed by atoms with Crippen LogP contribution in [-0.4, -0.2) is 135 Å². The van der Waals surface area contributed by atoms with Crippen LogP contribution in [0.5, 0.6) is 5.75 Å². The van der Waals surface area contributed by atoms with Crippen molar-refractivity contribution >= 4 is 40.2 Å². The predicted octanol–water partition coefficient (Wildman–Crippen LogP) is 2.85. The van der Waals surface area contributed by atoms with Gasteiger partial charge in [0.1, 0.15) is 35.8 Å². The van der Waals surface area contributed by atoms with Crippen LogP contribution in [-0.2, 0) is 26.1 Å². The Kier molecular flexibility index (Phi) is 12.9. The Labute approximate surface area is 374 Å². The number of methoxy groups -OCH3 is 1. The zero-order valence-corrected chi connectivity index (χ0v) is 36.8. The van der Waals surface area contributed by atoms with Crippen molar-refractivity contribution in [3.8, 4) is 17.6 Å². The lowest BCUT2D eigenvalue weighted by molar-refractivity contribution is -0.135. The summed E-state index contributed by atoms with van der Waals surface area (Å²) in [5.74, 6) is 6.21. The first kappa shape index (κ1) is 44.3. The van der Waals surface area contributed by atoms with Crippen LogP contribution in [0.4, 0.5) is 14.6 Å². The van der Waals surface area contributed by atoms with Crippen molar-refractivity contribution in [1.29, 1.82) is 0 Å². The fraction of sp³-hybridized carbons (Fsp3) is 0.556. The monoisotopic (exact) mass is 899 g/mol. The number of ether oxygens (including phenoxy) is 3. The number of hydrogen-bond acceptors (Lipinski definition) is 13. The molecular formula is C45H55F2N11O7. The number of aryl methyl sites for hydroxylation is 1. The second-order valence-electron chi connectivity index (χ2n) is 17.6. The number of halogens is 2. The van der Waals surface area contributed by atoms with Crippen molar-refractivity contribution in [1.82, 2.24) is 49.7 Å². The summed E-state index contributed by atoms with van der Waals surface area (Å²) in [5, 5.41) is 11.0. The summed E-state index contributed by atoms with van der Waals surface area (Å²) < 4.78 is 49.0. The summed E-state index contributed by atoms with van der Waals surface area (Å²) in [5.41, 5.74) is 5.10. The standard InChI is InChI=1S/C23H28N4O5.C22H27F2N7O2/c1-25-12-10-15(11-13-25)32-14-4-5-16-19(31-3)8-6-17-21(16)26(2)23(30)27(17)18-7-9-20(28)24-22(18)29;23-20(24)19-17(11-31(28-19)13-4-2-1-3-5-13)26-22(32)16-9-25-30-7-6-18(27-21(16)30)29-10-15-8-14(29)12-33-15/h6,8,15,18H,7,9-14H2,1-3H3,(H,24,28,29);6-7,9,11,13-15,19-20,28H,1-5,8,10,12H2,(H,26,32). The van der Waals surface area contributed by atoms with Gasteiger partial charge in [-0.3, -0.25) is 28.8 Å². The van der Waals surface area contributed by atoms with Crippen molar-refractivity contribution in [3.05, 3.63) is 64.1 Å². The third-order valence-electron chi connectivity index (χ3n) is 13.4. The largest absolute Gasteiger partial charge is 0.495 e. The molecule has 346 valence electrons. The summed E-state index contributed by atoms with van der Waals surface area (Å²) >= 11 is 0. The first-order valence-corrected chi connectivity index (χ1v) is 22.5. The van der Waals surface area contributed by atoms with Gasteiger partial charge < -0.3 is 34.3 Å². The van der Waals surface area contributed by atoms with Crippen LogP contribution >= 0.6 is 0 Å². The van der Waals surface area contributed by atoms with Gasteiger partial charge in [0.05, 0.1) is 60.5 Å². The number of benzene rings is 1. The lowest BCUT2D eigenvalue weighted by Crippen LogP contribution is -2.47. The molecule has 0 radical (unpaired) electrons. The fourth-order valence-electron chi connectivity index (χ4n) is 9.84. The molecule has 3 amide bonds. The maximum atomic E-state index is 13.7. The Bertz CT molecular complexity index is 2600. The van der Waals surface area contributed by atoms with Crippen molar-refractivity contribution in [2.75, 3.05) is 51.9 Å². The summed E-state index contributed by atoms with van der Waals surface area (Å²) in [6.45, 7) is 3.77. The first-order chi connectivity index (χ1) is 31.5. The average molecular weight is 900 g/mol. The zero-order valence-electron chi connectivity index (χ0n) is 36.8. The van der Waals surface area contributed by atoms with Gasteiger partial charge in [0.2, 0.25) is 11.8 Å². The molecule has 2 bridgehead atoms. The zero-order chi connectivity index (χ0) is 45.4. The number of hydrogen-bond donors (Lipinski definition) is 3. The molecule has 6 aliphatic rings. The SMILES string of the molecule is COc1ccc2c(c1C#CCOC1CCN(C)CC1)n(C)c(=O)n2C1CCC(=O)NC1=O.O=C(NC1=CN(C2CCCCC2)NC1C(F)F)c1cnn2ccc(N3CC4CC3CO4)nc12. The number of aromatic nitrogens is 5. The van der Waals surface area contributed by atoms with E-state index in [0.717, 1.165) is 70.4 Å². The molecule has 3 aromatic heterocycles. The van der Waals surface area contributed by atoms with Crippen molar-refractivity contribution in [3.63, 3.8) is 0 Å². The molecule has 18 nitrogen and oxygen atoms in total. The molecular weight excluding hydrogens is 845 g/mol. The number of likely N-dealkylation sites (tertiary alicyclic amines) is 1. The number of carbonyl (C=O) groups is 3. The molecule has 8 heterocycles. The highest BCUT2D eigenvalue weighted by Crippen LogP contribution is 2.33. The van der Waals surface area contributed by atoms with Gasteiger partial charge in [-0.05, 0) is 63.8 Å². The number of morpholine rings is 1. The molecule has 5 aliphatic heterocycles. The van der Waals surface area contributed by atoms with Crippen LogP contribution in [0.25, 0.3) is 16.7 Å². The van der Waals surface area contributed by atoms with Crippen molar-refractivity contribution in [2.24, 2.45) is 7.05 Å². The maximum Gasteiger partial charge on any atom is 0.329 e. The van der Waals surface area contributed by atoms with Gasteiger partial charge >= 0.3 is 5.69 Å². The molecule has 65 heavy (non-hydrogen) atoms. The van der Waals surface area contributed by atoms with Gasteiger partial charge in [0.15, 0.2) is 5.65 Å². The van der Waals surface area contributed by atoms with Crippen molar-refractivity contribution in [2.45, 2.75) is 107 Å². The highest BCUT2D eigenvalue weighted by molar-refractivity contribution is 6.01. The van der Waals surface area contributed by atoms with E-state index in [4.69, 9.17) is 19.2 Å². The highest BCUT2D eigenvalue weighted by atomic mass is 19.3. The van der Waals surface area contributed by atoms with E-state index in [1.54, 1.807) is 43.7 Å². The van der Waals surface area contributed by atoms with E-state index >= 15 is 0 Å². The third kappa shape index (κ3) is 9.06. The first-order valence-electron chi connectivity index (χ1n) is 22.5. The lowest BCUT2D eigenvalue weighted by Gasteiger charge is -2.31. The van der Waals surface area contributed by atoms with Gasteiger partial charge in [-0.1, -0.05) is 31.1 Å². The van der Waals surface area contributed by atoms with Gasteiger partial charge in [-0.2, -0.15) is 5.10 Å². The summed E-state index contributed by atoms with van der Waals surface area (Å²) in [4.78, 5) is 59.3. The number of anilines is 1. The molecule has 4 saturated heterocycles. The minimum Gasteiger partial charge on any atom is -0.495 e. The quantitative estimate of drug-likeness (QED) is 0.165. The Balaban J connectivity index is 0.000000164. The molecule has 1 aliphatic carbocycles. The molecule has 1 aromatic carbocycles. The molecule has 4 unspecified atom stereocenters. The maximum absolute atomic E-state index is 13.7. The number of alkyl halides is 2. The minimum absolute atomic E-state index is 0.162. The second-order valence-corrected chi connectivity index (χ2v) is 17.6. The molecule has 3 N–H and O–H groups in total. The van der Waals surface area contributed by atoms with E-state index in [9.17, 15) is 28.0 Å². The molecule has 10 rings (SSSR count). The topological polar surface area (TPSA) is 182 Å². The number of amides is 3. The predicted molar refractivity (Wildman–Crippen MR) is 234 cm³/mol.